The van der Waals surface area contributed by atoms with Crippen molar-refractivity contribution in [2.75, 3.05) is 0 Å². The molecule has 0 amide bonds. The lowest BCUT2D eigenvalue weighted by molar-refractivity contribution is 0.674. The zero-order valence-electron chi connectivity index (χ0n) is 38.0. The molecule has 1 heterocycles. The molecule has 0 aliphatic heterocycles. The van der Waals surface area contributed by atoms with E-state index in [0.29, 0.717) is 55.0 Å². The van der Waals surface area contributed by atoms with Gasteiger partial charge in [0.2, 0.25) is 0 Å². The monoisotopic (exact) mass is 697 g/mol. The molecule has 0 radical (unpaired) electrons. The lowest BCUT2D eigenvalue weighted by atomic mass is 9.83. The van der Waals surface area contributed by atoms with Gasteiger partial charge < -0.3 is 4.42 Å². The Hall–Kier alpha value is -6.96. The van der Waals surface area contributed by atoms with Gasteiger partial charge >= 0.3 is 0 Å². The fourth-order valence-corrected chi connectivity index (χ4v) is 7.36. The first-order valence-corrected chi connectivity index (χ1v) is 17.9. The number of rotatable bonds is 7. The molecular formula is C53H36O. The summed E-state index contributed by atoms with van der Waals surface area (Å²) in [5, 5.41) is 2.29. The molecule has 0 aliphatic rings. The van der Waals surface area contributed by atoms with Crippen LogP contribution in [0.4, 0.5) is 0 Å². The van der Waals surface area contributed by atoms with Gasteiger partial charge in [0.1, 0.15) is 11.2 Å². The molecule has 0 N–H and O–H groups in total. The van der Waals surface area contributed by atoms with Crippen LogP contribution >= 0.6 is 0 Å². The van der Waals surface area contributed by atoms with Crippen LogP contribution in [0.15, 0.2) is 217 Å². The zero-order valence-corrected chi connectivity index (χ0v) is 29.0. The highest BCUT2D eigenvalue weighted by molar-refractivity contribution is 6.21. The molecule has 10 aromatic rings. The summed E-state index contributed by atoms with van der Waals surface area (Å²) in [6.07, 6.45) is 0. The molecule has 10 rings (SSSR count). The third-order valence-electron chi connectivity index (χ3n) is 10.1. The normalized spacial score (nSPS) is 13.8. The van der Waals surface area contributed by atoms with Gasteiger partial charge in [0.25, 0.3) is 0 Å². The number of fused-ring (bicyclic) bond motifs is 5. The predicted molar refractivity (Wildman–Crippen MR) is 227 cm³/mol. The van der Waals surface area contributed by atoms with E-state index in [9.17, 15) is 8.22 Å². The predicted octanol–water partition coefficient (Wildman–Crippen LogP) is 14.6. The van der Waals surface area contributed by atoms with Crippen LogP contribution in [0, 0.1) is 0 Å². The van der Waals surface area contributed by atoms with E-state index in [1.165, 1.54) is 6.07 Å². The van der Waals surface area contributed by atoms with E-state index < -0.39 is 5.92 Å². The van der Waals surface area contributed by atoms with Gasteiger partial charge in [-0.05, 0) is 73.2 Å². The lowest BCUT2D eigenvalue weighted by Gasteiger charge is -2.20. The van der Waals surface area contributed by atoms with Crippen molar-refractivity contribution in [3.63, 3.8) is 0 Å². The molecule has 254 valence electrons. The maximum Gasteiger partial charge on any atom is 0.143 e. The van der Waals surface area contributed by atoms with Crippen LogP contribution in [0.1, 0.15) is 34.9 Å². The average Bonchev–Trinajstić information content (AvgIpc) is 3.66. The molecule has 0 spiro atoms. The van der Waals surface area contributed by atoms with E-state index in [1.807, 2.05) is 103 Å². The summed E-state index contributed by atoms with van der Waals surface area (Å²) >= 11 is 0. The van der Waals surface area contributed by atoms with E-state index in [2.05, 4.69) is 0 Å². The van der Waals surface area contributed by atoms with Gasteiger partial charge in [0, 0.05) is 27.6 Å². The van der Waals surface area contributed by atoms with Crippen molar-refractivity contribution in [3.8, 4) is 44.5 Å². The van der Waals surface area contributed by atoms with E-state index >= 15 is 0 Å². The smallest absolute Gasteiger partial charge is 0.143 e. The maximum atomic E-state index is 9.71. The van der Waals surface area contributed by atoms with Gasteiger partial charge in [-0.3, -0.25) is 0 Å². The molecule has 0 fully saturated rings. The van der Waals surface area contributed by atoms with Gasteiger partial charge in [-0.15, -0.1) is 0 Å². The summed E-state index contributed by atoms with van der Waals surface area (Å²) in [5.41, 5.74) is 7.33. The molecule has 0 saturated carbocycles. The van der Waals surface area contributed by atoms with Crippen LogP contribution in [-0.4, -0.2) is 0 Å². The number of hydrogen-bond donors (Lipinski definition) is 0. The van der Waals surface area contributed by atoms with Gasteiger partial charge in [-0.2, -0.15) is 0 Å². The topological polar surface area (TPSA) is 13.1 Å². The second-order valence-corrected chi connectivity index (χ2v) is 13.3. The zero-order chi connectivity index (χ0) is 43.7. The Morgan fingerprint density at radius 1 is 0.352 bits per heavy atom. The molecule has 1 heteroatoms. The van der Waals surface area contributed by atoms with Gasteiger partial charge in [0.05, 0.1) is 12.3 Å². The van der Waals surface area contributed by atoms with Crippen LogP contribution in [0.3, 0.4) is 0 Å². The highest BCUT2D eigenvalue weighted by Gasteiger charge is 2.21. The van der Waals surface area contributed by atoms with Crippen molar-refractivity contribution in [2.45, 2.75) is 5.92 Å². The Labute approximate surface area is 328 Å². The molecular weight excluding hydrogens is 653 g/mol. The van der Waals surface area contributed by atoms with Gasteiger partial charge in [-0.1, -0.05) is 200 Å². The first-order chi connectivity index (χ1) is 30.5. The minimum Gasteiger partial charge on any atom is -0.455 e. The molecule has 1 aromatic heterocycles. The first-order valence-electron chi connectivity index (χ1n) is 22.4. The fraction of sp³-hybridized carbons (Fsp3) is 0.0189. The maximum absolute atomic E-state index is 9.71. The summed E-state index contributed by atoms with van der Waals surface area (Å²) in [5.74, 6) is -1.15. The molecule has 0 atom stereocenters. The largest absolute Gasteiger partial charge is 0.455 e. The SMILES string of the molecule is [2H]c1cc2c([2H])cc3c(oc4c(-c5ccccc5)ccc(-c5cc([2H])c(C(c6c([2H])cc(-c7ccccc7)cc6[2H])c6c([2H])cc(-c7ccccc7)cc6[2H])c([2H])c5)c43)c2cc1[2H]. The van der Waals surface area contributed by atoms with E-state index in [1.54, 1.807) is 48.5 Å². The number of furan rings is 1. The molecule has 9 aromatic carbocycles. The second-order valence-electron chi connectivity index (χ2n) is 13.3. The summed E-state index contributed by atoms with van der Waals surface area (Å²) in [4.78, 5) is 0. The van der Waals surface area contributed by atoms with Crippen molar-refractivity contribution in [1.82, 2.24) is 0 Å². The summed E-state index contributed by atoms with van der Waals surface area (Å²) in [6, 6.07) is 47.3. The molecule has 1 nitrogen and oxygen atoms in total. The van der Waals surface area contributed by atoms with Crippen molar-refractivity contribution in [3.05, 3.63) is 229 Å². The highest BCUT2D eigenvalue weighted by Crippen LogP contribution is 2.44. The Balaban J connectivity index is 1.21. The minimum atomic E-state index is -1.15. The molecule has 0 aliphatic carbocycles. The fourth-order valence-electron chi connectivity index (χ4n) is 7.36. The average molecular weight is 698 g/mol. The lowest BCUT2D eigenvalue weighted by Crippen LogP contribution is -2.03. The number of hydrogen-bond acceptors (Lipinski definition) is 1. The van der Waals surface area contributed by atoms with Crippen LogP contribution < -0.4 is 0 Å². The van der Waals surface area contributed by atoms with Gasteiger partial charge in [0.15, 0.2) is 0 Å². The molecule has 0 bridgehead atoms. The molecule has 54 heavy (non-hydrogen) atoms. The highest BCUT2D eigenvalue weighted by atomic mass is 16.3. The van der Waals surface area contributed by atoms with E-state index in [4.69, 9.17) is 8.53 Å². The third-order valence-corrected chi connectivity index (χ3v) is 10.1. The van der Waals surface area contributed by atoms with Crippen molar-refractivity contribution in [2.24, 2.45) is 0 Å². The van der Waals surface area contributed by atoms with E-state index in [-0.39, 0.29) is 71.1 Å². The Morgan fingerprint density at radius 3 is 1.35 bits per heavy atom. The van der Waals surface area contributed by atoms with Crippen molar-refractivity contribution >= 4 is 32.7 Å². The third kappa shape index (κ3) is 5.68. The quantitative estimate of drug-likeness (QED) is 0.151. The van der Waals surface area contributed by atoms with Crippen LogP contribution in [0.25, 0.3) is 77.2 Å². The van der Waals surface area contributed by atoms with Crippen LogP contribution in [0.2, 0.25) is 0 Å². The first kappa shape index (κ1) is 23.6. The summed E-state index contributed by atoms with van der Waals surface area (Å²) in [7, 11) is 0. The van der Waals surface area contributed by atoms with Gasteiger partial charge in [-0.25, -0.2) is 0 Å². The van der Waals surface area contributed by atoms with Crippen LogP contribution in [0.5, 0.6) is 0 Å². The standard InChI is InChI=1S/C53H36O/c1-4-12-36(13-5-1)38-20-26-43(27-21-38)50(44-28-22-39(23-29-44)37-14-6-2-7-15-37)45-30-24-42(25-31-45)46-34-35-48(40-16-8-3-9-17-40)53-51(46)49-33-32-41-18-10-11-19-47(41)52(49)54-53/h1-35,50H/i10D,11D,26D,27D,28D,29D,30D,31D,32D. The van der Waals surface area contributed by atoms with E-state index in [0.717, 1.165) is 22.3 Å². The van der Waals surface area contributed by atoms with Crippen molar-refractivity contribution < 1.29 is 16.8 Å². The minimum absolute atomic E-state index is 0.00367. The molecule has 0 saturated heterocycles. The van der Waals surface area contributed by atoms with Crippen LogP contribution in [-0.2, 0) is 0 Å². The Bertz CT molecular complexity index is 3270. The second kappa shape index (κ2) is 13.5. The summed E-state index contributed by atoms with van der Waals surface area (Å²) < 4.78 is 89.4. The Kier molecular flexibility index (Phi) is 5.91. The summed E-state index contributed by atoms with van der Waals surface area (Å²) in [6.45, 7) is 0. The molecule has 0 unspecified atom stereocenters. The van der Waals surface area contributed by atoms with Crippen molar-refractivity contribution in [1.29, 1.82) is 0 Å². The Morgan fingerprint density at radius 2 is 0.796 bits per heavy atom. The number of benzene rings is 9.